The number of fused-ring (bicyclic) bond motifs is 1. The number of ether oxygens (including phenoxy) is 1. The Bertz CT molecular complexity index is 1460. The van der Waals surface area contributed by atoms with Crippen LogP contribution in [0.2, 0.25) is 0 Å². The van der Waals surface area contributed by atoms with E-state index in [1.54, 1.807) is 65.4 Å². The first-order chi connectivity index (χ1) is 17.5. The van der Waals surface area contributed by atoms with Crippen molar-refractivity contribution in [3.05, 3.63) is 106 Å². The second-order valence-electron chi connectivity index (χ2n) is 8.66. The third kappa shape index (κ3) is 4.57. The van der Waals surface area contributed by atoms with Gasteiger partial charge in [-0.05, 0) is 35.9 Å². The van der Waals surface area contributed by atoms with Gasteiger partial charge in [0.25, 0.3) is 17.4 Å². The lowest BCUT2D eigenvalue weighted by Crippen LogP contribution is -2.51. The highest BCUT2D eigenvalue weighted by atomic mass is 16.5. The Morgan fingerprint density at radius 1 is 0.778 bits per heavy atom. The van der Waals surface area contributed by atoms with Crippen molar-refractivity contribution < 1.29 is 14.3 Å². The third-order valence-electron chi connectivity index (χ3n) is 6.44. The zero-order valence-corrected chi connectivity index (χ0v) is 20.0. The Morgan fingerprint density at radius 3 is 2.00 bits per heavy atom. The molecule has 182 valence electrons. The van der Waals surface area contributed by atoms with Crippen LogP contribution in [0.4, 0.5) is 0 Å². The van der Waals surface area contributed by atoms with Crippen LogP contribution >= 0.6 is 0 Å². The van der Waals surface area contributed by atoms with Crippen molar-refractivity contribution in [2.75, 3.05) is 33.3 Å². The Balaban J connectivity index is 1.37. The lowest BCUT2D eigenvalue weighted by molar-refractivity contribution is 0.0532. The maximum Gasteiger partial charge on any atom is 0.275 e. The van der Waals surface area contributed by atoms with Gasteiger partial charge < -0.3 is 14.5 Å². The van der Waals surface area contributed by atoms with Gasteiger partial charge in [0.05, 0.1) is 19.0 Å². The van der Waals surface area contributed by atoms with Gasteiger partial charge in [-0.2, -0.15) is 5.10 Å². The Labute approximate surface area is 208 Å². The average Bonchev–Trinajstić information content (AvgIpc) is 2.94. The van der Waals surface area contributed by atoms with E-state index < -0.39 is 0 Å². The molecule has 5 rings (SSSR count). The first-order valence-electron chi connectivity index (χ1n) is 11.8. The molecule has 1 aliphatic heterocycles. The number of hydrogen-bond donors (Lipinski definition) is 0. The second-order valence-corrected chi connectivity index (χ2v) is 8.66. The highest BCUT2D eigenvalue weighted by molar-refractivity contribution is 6.05. The second kappa shape index (κ2) is 10.0. The van der Waals surface area contributed by atoms with Crippen molar-refractivity contribution in [1.29, 1.82) is 0 Å². The van der Waals surface area contributed by atoms with E-state index in [4.69, 9.17) is 4.74 Å². The van der Waals surface area contributed by atoms with Gasteiger partial charge in [-0.25, -0.2) is 4.68 Å². The number of nitrogens with zero attached hydrogens (tertiary/aromatic N) is 4. The summed E-state index contributed by atoms with van der Waals surface area (Å²) in [6, 6.07) is 23.6. The van der Waals surface area contributed by atoms with Gasteiger partial charge in [0.1, 0.15) is 5.75 Å². The summed E-state index contributed by atoms with van der Waals surface area (Å²) in [5.41, 5.74) is 1.51. The summed E-state index contributed by atoms with van der Waals surface area (Å²) < 4.78 is 6.52. The summed E-state index contributed by atoms with van der Waals surface area (Å²) in [6.07, 6.45) is 0. The monoisotopic (exact) mass is 482 g/mol. The molecule has 2 heterocycles. The van der Waals surface area contributed by atoms with Crippen molar-refractivity contribution in [2.24, 2.45) is 0 Å². The largest absolute Gasteiger partial charge is 0.497 e. The number of rotatable bonds is 5. The molecule has 1 saturated heterocycles. The van der Waals surface area contributed by atoms with Crippen LogP contribution in [0.1, 0.15) is 26.4 Å². The summed E-state index contributed by atoms with van der Waals surface area (Å²) in [5, 5.41) is 5.50. The van der Waals surface area contributed by atoms with Crippen molar-refractivity contribution in [2.45, 2.75) is 6.54 Å². The number of carbonyl (C=O) groups excluding carboxylic acids is 2. The van der Waals surface area contributed by atoms with Crippen LogP contribution in [0.25, 0.3) is 10.8 Å². The van der Waals surface area contributed by atoms with Gasteiger partial charge in [-0.15, -0.1) is 0 Å². The van der Waals surface area contributed by atoms with Gasteiger partial charge in [0, 0.05) is 37.1 Å². The molecule has 8 nitrogen and oxygen atoms in total. The van der Waals surface area contributed by atoms with E-state index in [2.05, 4.69) is 5.10 Å². The van der Waals surface area contributed by atoms with Crippen LogP contribution in [0.3, 0.4) is 0 Å². The van der Waals surface area contributed by atoms with E-state index in [1.165, 1.54) is 4.68 Å². The van der Waals surface area contributed by atoms with Gasteiger partial charge in [0.15, 0.2) is 5.69 Å². The number of amides is 2. The lowest BCUT2D eigenvalue weighted by atomic mass is 10.1. The normalized spacial score (nSPS) is 13.6. The SMILES string of the molecule is COc1ccc(C(=O)N2CCN(C(=O)c3nn(Cc4ccccc4)c(=O)c4ccccc34)CC2)cc1. The fraction of sp³-hybridized carbons (Fsp3) is 0.214. The highest BCUT2D eigenvalue weighted by Crippen LogP contribution is 2.18. The zero-order valence-electron chi connectivity index (χ0n) is 20.0. The van der Waals surface area contributed by atoms with E-state index in [1.807, 2.05) is 30.3 Å². The van der Waals surface area contributed by atoms with Crippen molar-refractivity contribution in [1.82, 2.24) is 19.6 Å². The van der Waals surface area contributed by atoms with Gasteiger partial charge in [-0.1, -0.05) is 48.5 Å². The summed E-state index contributed by atoms with van der Waals surface area (Å²) in [5.74, 6) is 0.365. The maximum absolute atomic E-state index is 13.6. The minimum atomic E-state index is -0.246. The van der Waals surface area contributed by atoms with Crippen molar-refractivity contribution in [3.8, 4) is 5.75 Å². The number of aromatic nitrogens is 2. The molecule has 4 aromatic rings. The Morgan fingerprint density at radius 2 is 1.36 bits per heavy atom. The Kier molecular flexibility index (Phi) is 6.49. The third-order valence-corrected chi connectivity index (χ3v) is 6.44. The number of hydrogen-bond acceptors (Lipinski definition) is 5. The summed E-state index contributed by atoms with van der Waals surface area (Å²) in [6.45, 7) is 1.87. The van der Waals surface area contributed by atoms with E-state index in [0.29, 0.717) is 48.3 Å². The number of carbonyl (C=O) groups is 2. The standard InChI is InChI=1S/C28H26N4O4/c1-36-22-13-11-21(12-14-22)26(33)30-15-17-31(18-16-30)28(35)25-23-9-5-6-10-24(23)27(34)32(29-25)19-20-7-3-2-4-8-20/h2-14H,15-19H2,1H3. The van der Waals surface area contributed by atoms with E-state index in [0.717, 1.165) is 5.56 Å². The molecule has 0 atom stereocenters. The van der Waals surface area contributed by atoms with Crippen LogP contribution in [0.5, 0.6) is 5.75 Å². The molecular formula is C28H26N4O4. The molecule has 0 saturated carbocycles. The lowest BCUT2D eigenvalue weighted by Gasteiger charge is -2.34. The zero-order chi connectivity index (χ0) is 25.1. The first-order valence-corrected chi connectivity index (χ1v) is 11.8. The quantitative estimate of drug-likeness (QED) is 0.437. The van der Waals surface area contributed by atoms with Crippen LogP contribution in [-0.2, 0) is 6.54 Å². The Hall–Kier alpha value is -4.46. The van der Waals surface area contributed by atoms with Gasteiger partial charge in [0.2, 0.25) is 0 Å². The molecule has 0 spiro atoms. The van der Waals surface area contributed by atoms with E-state index in [-0.39, 0.29) is 29.6 Å². The smallest absolute Gasteiger partial charge is 0.275 e. The molecule has 1 aliphatic rings. The molecule has 0 N–H and O–H groups in total. The molecule has 0 radical (unpaired) electrons. The topological polar surface area (TPSA) is 84.7 Å². The fourth-order valence-corrected chi connectivity index (χ4v) is 4.44. The fourth-order valence-electron chi connectivity index (χ4n) is 4.44. The summed E-state index contributed by atoms with van der Waals surface area (Å²) in [4.78, 5) is 43.0. The molecule has 1 aromatic heterocycles. The molecule has 0 unspecified atom stereocenters. The maximum atomic E-state index is 13.6. The first kappa shape index (κ1) is 23.3. The van der Waals surface area contributed by atoms with Gasteiger partial charge >= 0.3 is 0 Å². The predicted octanol–water partition coefficient (Wildman–Crippen LogP) is 3.05. The molecule has 0 aliphatic carbocycles. The van der Waals surface area contributed by atoms with Crippen molar-refractivity contribution >= 4 is 22.6 Å². The molecule has 3 aromatic carbocycles. The van der Waals surface area contributed by atoms with Crippen molar-refractivity contribution in [3.63, 3.8) is 0 Å². The van der Waals surface area contributed by atoms with E-state index in [9.17, 15) is 14.4 Å². The van der Waals surface area contributed by atoms with Gasteiger partial charge in [-0.3, -0.25) is 14.4 Å². The number of methoxy groups -OCH3 is 1. The number of piperazine rings is 1. The summed E-state index contributed by atoms with van der Waals surface area (Å²) in [7, 11) is 1.58. The summed E-state index contributed by atoms with van der Waals surface area (Å²) >= 11 is 0. The molecule has 2 amide bonds. The minimum Gasteiger partial charge on any atom is -0.497 e. The molecule has 0 bridgehead atoms. The molecule has 1 fully saturated rings. The molecular weight excluding hydrogens is 456 g/mol. The number of benzene rings is 3. The van der Waals surface area contributed by atoms with Crippen LogP contribution in [0.15, 0.2) is 83.7 Å². The average molecular weight is 483 g/mol. The molecule has 36 heavy (non-hydrogen) atoms. The predicted molar refractivity (Wildman–Crippen MR) is 136 cm³/mol. The van der Waals surface area contributed by atoms with Crippen LogP contribution in [0, 0.1) is 0 Å². The highest BCUT2D eigenvalue weighted by Gasteiger charge is 2.28. The van der Waals surface area contributed by atoms with Crippen LogP contribution < -0.4 is 10.3 Å². The molecule has 8 heteroatoms. The van der Waals surface area contributed by atoms with E-state index >= 15 is 0 Å². The minimum absolute atomic E-state index is 0.0789. The van der Waals surface area contributed by atoms with Crippen LogP contribution in [-0.4, -0.2) is 64.7 Å².